The predicted molar refractivity (Wildman–Crippen MR) is 93.3 cm³/mol. The van der Waals surface area contributed by atoms with Crippen molar-refractivity contribution in [3.05, 3.63) is 64.3 Å². The summed E-state index contributed by atoms with van der Waals surface area (Å²) in [5.74, 6) is 0.0559. The normalized spacial score (nSPS) is 14.5. The molecule has 1 aliphatic heterocycles. The molecule has 2 aromatic carbocycles. The van der Waals surface area contributed by atoms with Crippen molar-refractivity contribution in [2.45, 2.75) is 13.2 Å². The number of methoxy groups -OCH3 is 1. The first kappa shape index (κ1) is 18.0. The number of benzene rings is 2. The second-order valence-electron chi connectivity index (χ2n) is 6.22. The Morgan fingerprint density at radius 3 is 2.50 bits per heavy atom. The van der Waals surface area contributed by atoms with Crippen molar-refractivity contribution in [3.63, 3.8) is 0 Å². The SMILES string of the molecule is COc1cc(CN2CC(C(=O)N=O)C2)ccc1OCc1ccc(F)cc1. The number of nitroso groups, excluding NO2 is 1. The standard InChI is InChI=1S/C19H19FN2O4/c1-25-18-8-14(9-22-10-15(11-22)19(23)21-24)4-7-17(18)26-12-13-2-5-16(20)6-3-13/h2-8,15H,9-12H2,1H3. The molecule has 0 radical (unpaired) electrons. The molecule has 2 aromatic rings. The third-order valence-corrected chi connectivity index (χ3v) is 4.34. The van der Waals surface area contributed by atoms with E-state index in [1.54, 1.807) is 19.2 Å². The number of carbonyl (C=O) groups excluding carboxylic acids is 1. The molecule has 0 aliphatic carbocycles. The van der Waals surface area contributed by atoms with E-state index in [1.165, 1.54) is 12.1 Å². The summed E-state index contributed by atoms with van der Waals surface area (Å²) >= 11 is 0. The van der Waals surface area contributed by atoms with Crippen LogP contribution in [0.25, 0.3) is 0 Å². The maximum atomic E-state index is 12.9. The molecule has 0 atom stereocenters. The Bertz CT molecular complexity index is 789. The lowest BCUT2D eigenvalue weighted by molar-refractivity contribution is -0.127. The number of hydrogen-bond donors (Lipinski definition) is 0. The van der Waals surface area contributed by atoms with Gasteiger partial charge in [-0.3, -0.25) is 9.69 Å². The van der Waals surface area contributed by atoms with Crippen LogP contribution in [-0.4, -0.2) is 31.0 Å². The topological polar surface area (TPSA) is 68.2 Å². The van der Waals surface area contributed by atoms with E-state index < -0.39 is 5.91 Å². The van der Waals surface area contributed by atoms with Gasteiger partial charge in [-0.05, 0) is 35.4 Å². The number of halogens is 1. The Morgan fingerprint density at radius 2 is 1.85 bits per heavy atom. The molecule has 26 heavy (non-hydrogen) atoms. The Morgan fingerprint density at radius 1 is 1.15 bits per heavy atom. The first-order chi connectivity index (χ1) is 12.6. The minimum atomic E-state index is -0.580. The molecule has 0 spiro atoms. The highest BCUT2D eigenvalue weighted by atomic mass is 19.1. The smallest absolute Gasteiger partial charge is 0.291 e. The molecule has 0 unspecified atom stereocenters. The van der Waals surface area contributed by atoms with Crippen molar-refractivity contribution in [3.8, 4) is 11.5 Å². The zero-order chi connectivity index (χ0) is 18.5. The van der Waals surface area contributed by atoms with Gasteiger partial charge in [-0.25, -0.2) is 4.39 Å². The molecule has 0 saturated carbocycles. The third kappa shape index (κ3) is 4.23. The fraction of sp³-hybridized carbons (Fsp3) is 0.316. The molecule has 6 nitrogen and oxygen atoms in total. The quantitative estimate of drug-likeness (QED) is 0.711. The minimum absolute atomic E-state index is 0.283. The van der Waals surface area contributed by atoms with Gasteiger partial charge >= 0.3 is 0 Å². The van der Waals surface area contributed by atoms with E-state index in [1.807, 2.05) is 18.2 Å². The Hall–Kier alpha value is -2.80. The number of nitrogens with zero attached hydrogens (tertiary/aromatic N) is 2. The van der Waals surface area contributed by atoms with Crippen molar-refractivity contribution in [1.29, 1.82) is 0 Å². The van der Waals surface area contributed by atoms with Crippen molar-refractivity contribution in [2.75, 3.05) is 20.2 Å². The summed E-state index contributed by atoms with van der Waals surface area (Å²) in [4.78, 5) is 23.5. The van der Waals surface area contributed by atoms with Crippen molar-refractivity contribution in [2.24, 2.45) is 11.1 Å². The van der Waals surface area contributed by atoms with E-state index in [0.29, 0.717) is 37.7 Å². The summed E-state index contributed by atoms with van der Waals surface area (Å²) in [6.07, 6.45) is 0. The zero-order valence-corrected chi connectivity index (χ0v) is 14.4. The summed E-state index contributed by atoms with van der Waals surface area (Å²) in [7, 11) is 1.57. The van der Waals surface area contributed by atoms with Gasteiger partial charge in [0, 0.05) is 24.8 Å². The lowest BCUT2D eigenvalue weighted by Gasteiger charge is -2.36. The number of hydrogen-bond acceptors (Lipinski definition) is 5. The predicted octanol–water partition coefficient (Wildman–Crippen LogP) is 3.14. The average molecular weight is 358 g/mol. The van der Waals surface area contributed by atoms with E-state index >= 15 is 0 Å². The summed E-state index contributed by atoms with van der Waals surface area (Å²) in [6, 6.07) is 11.8. The molecule has 3 rings (SSSR count). The average Bonchev–Trinajstić information content (AvgIpc) is 2.63. The second kappa shape index (κ2) is 8.05. The first-order valence-electron chi connectivity index (χ1n) is 8.22. The number of rotatable bonds is 7. The van der Waals surface area contributed by atoms with Crippen molar-refractivity contribution < 1.29 is 18.7 Å². The lowest BCUT2D eigenvalue weighted by Crippen LogP contribution is -2.49. The molecule has 7 heteroatoms. The highest BCUT2D eigenvalue weighted by molar-refractivity contribution is 5.80. The maximum Gasteiger partial charge on any atom is 0.291 e. The van der Waals surface area contributed by atoms with Crippen LogP contribution in [0.4, 0.5) is 4.39 Å². The molecule has 136 valence electrons. The molecule has 1 heterocycles. The molecular formula is C19H19FN2O4. The third-order valence-electron chi connectivity index (χ3n) is 4.34. The van der Waals surface area contributed by atoms with Crippen molar-refractivity contribution in [1.82, 2.24) is 4.90 Å². The monoisotopic (exact) mass is 358 g/mol. The van der Waals surface area contributed by atoms with E-state index in [-0.39, 0.29) is 11.7 Å². The van der Waals surface area contributed by atoms with Gasteiger partial charge in [-0.1, -0.05) is 18.2 Å². The lowest BCUT2D eigenvalue weighted by atomic mass is 9.98. The zero-order valence-electron chi connectivity index (χ0n) is 14.4. The van der Waals surface area contributed by atoms with Crippen molar-refractivity contribution >= 4 is 5.91 Å². The molecule has 0 aromatic heterocycles. The van der Waals surface area contributed by atoms with Crippen LogP contribution in [-0.2, 0) is 17.9 Å². The van der Waals surface area contributed by atoms with E-state index in [4.69, 9.17) is 9.47 Å². The Labute approximate surface area is 150 Å². The second-order valence-corrected chi connectivity index (χ2v) is 6.22. The molecule has 1 fully saturated rings. The number of carbonyl (C=O) groups is 1. The van der Waals surface area contributed by atoms with Crippen LogP contribution in [0.1, 0.15) is 11.1 Å². The summed E-state index contributed by atoms with van der Waals surface area (Å²) in [6.45, 7) is 2.03. The summed E-state index contributed by atoms with van der Waals surface area (Å²) in [5, 5.41) is 2.47. The Kier molecular flexibility index (Phi) is 5.58. The fourth-order valence-corrected chi connectivity index (χ4v) is 2.86. The van der Waals surface area contributed by atoms with E-state index in [2.05, 4.69) is 10.1 Å². The Balaban J connectivity index is 1.58. The van der Waals surface area contributed by atoms with Gasteiger partial charge in [0.05, 0.1) is 13.0 Å². The van der Waals surface area contributed by atoms with Gasteiger partial charge < -0.3 is 9.47 Å². The highest BCUT2D eigenvalue weighted by Crippen LogP contribution is 2.30. The van der Waals surface area contributed by atoms with Gasteiger partial charge in [-0.15, -0.1) is 4.91 Å². The van der Waals surface area contributed by atoms with Crippen LogP contribution in [0.15, 0.2) is 47.6 Å². The van der Waals surface area contributed by atoms with Crippen LogP contribution in [0.5, 0.6) is 11.5 Å². The van der Waals surface area contributed by atoms with Gasteiger partial charge in [-0.2, -0.15) is 0 Å². The molecular weight excluding hydrogens is 339 g/mol. The number of amides is 1. The number of ether oxygens (including phenoxy) is 2. The van der Waals surface area contributed by atoms with E-state index in [9.17, 15) is 14.1 Å². The fourth-order valence-electron chi connectivity index (χ4n) is 2.86. The molecule has 1 saturated heterocycles. The molecule has 1 aliphatic rings. The molecule has 0 N–H and O–H groups in total. The van der Waals surface area contributed by atoms with Crippen LogP contribution >= 0.6 is 0 Å². The first-order valence-corrected chi connectivity index (χ1v) is 8.22. The van der Waals surface area contributed by atoms with Crippen LogP contribution in [0, 0.1) is 16.6 Å². The summed E-state index contributed by atoms with van der Waals surface area (Å²) < 4.78 is 24.1. The van der Waals surface area contributed by atoms with Gasteiger partial charge in [0.1, 0.15) is 12.4 Å². The van der Waals surface area contributed by atoms with Gasteiger partial charge in [0.25, 0.3) is 5.91 Å². The minimum Gasteiger partial charge on any atom is -0.493 e. The maximum absolute atomic E-state index is 12.9. The van der Waals surface area contributed by atoms with Crippen LogP contribution < -0.4 is 9.47 Å². The van der Waals surface area contributed by atoms with Gasteiger partial charge in [0.2, 0.25) is 0 Å². The van der Waals surface area contributed by atoms with Crippen LogP contribution in [0.2, 0.25) is 0 Å². The number of likely N-dealkylation sites (tertiary alicyclic amines) is 1. The van der Waals surface area contributed by atoms with E-state index in [0.717, 1.165) is 11.1 Å². The summed E-state index contributed by atoms with van der Waals surface area (Å²) in [5.41, 5.74) is 1.87. The van der Waals surface area contributed by atoms with Crippen LogP contribution in [0.3, 0.4) is 0 Å². The highest BCUT2D eigenvalue weighted by Gasteiger charge is 2.33. The molecule has 1 amide bonds. The largest absolute Gasteiger partial charge is 0.493 e. The molecule has 0 bridgehead atoms. The van der Waals surface area contributed by atoms with Gasteiger partial charge in [0.15, 0.2) is 11.5 Å².